The summed E-state index contributed by atoms with van der Waals surface area (Å²) in [5, 5.41) is 6.21. The Morgan fingerprint density at radius 2 is 2.19 bits per heavy atom. The molecular formula is C18H26F2N4O2. The van der Waals surface area contributed by atoms with Crippen LogP contribution in [0.25, 0.3) is 0 Å². The van der Waals surface area contributed by atoms with Gasteiger partial charge in [-0.05, 0) is 31.9 Å². The number of hydrogen-bond donors (Lipinski definition) is 2. The molecule has 1 fully saturated rings. The van der Waals surface area contributed by atoms with Crippen LogP contribution in [-0.4, -0.2) is 56.1 Å². The maximum atomic E-state index is 13.5. The minimum absolute atomic E-state index is 0.0189. The highest BCUT2D eigenvalue weighted by atomic mass is 19.1. The van der Waals surface area contributed by atoms with Gasteiger partial charge >= 0.3 is 0 Å². The number of benzene rings is 1. The lowest BCUT2D eigenvalue weighted by atomic mass is 10.3. The van der Waals surface area contributed by atoms with Gasteiger partial charge in [-0.3, -0.25) is 9.79 Å². The largest absolute Gasteiger partial charge is 0.489 e. The van der Waals surface area contributed by atoms with Crippen molar-refractivity contribution in [1.29, 1.82) is 0 Å². The zero-order valence-corrected chi connectivity index (χ0v) is 15.1. The summed E-state index contributed by atoms with van der Waals surface area (Å²) < 4.78 is 31.6. The average Bonchev–Trinajstić information content (AvgIpc) is 3.02. The molecule has 0 unspecified atom stereocenters. The van der Waals surface area contributed by atoms with Crippen LogP contribution in [0, 0.1) is 11.6 Å². The fourth-order valence-corrected chi connectivity index (χ4v) is 2.66. The fourth-order valence-electron chi connectivity index (χ4n) is 2.66. The Morgan fingerprint density at radius 3 is 2.88 bits per heavy atom. The molecule has 2 N–H and O–H groups in total. The Bertz CT molecular complexity index is 625. The molecule has 0 radical (unpaired) electrons. The fraction of sp³-hybridized carbons (Fsp3) is 0.556. The molecule has 144 valence electrons. The zero-order chi connectivity index (χ0) is 18.8. The molecule has 1 aliphatic rings. The summed E-state index contributed by atoms with van der Waals surface area (Å²) >= 11 is 0. The smallest absolute Gasteiger partial charge is 0.222 e. The van der Waals surface area contributed by atoms with Crippen molar-refractivity contribution >= 4 is 11.9 Å². The number of carbonyl (C=O) groups is 1. The van der Waals surface area contributed by atoms with Crippen molar-refractivity contribution in [1.82, 2.24) is 15.5 Å². The first-order valence-corrected chi connectivity index (χ1v) is 8.98. The highest BCUT2D eigenvalue weighted by Crippen LogP contribution is 2.17. The van der Waals surface area contributed by atoms with E-state index in [1.807, 2.05) is 11.8 Å². The van der Waals surface area contributed by atoms with E-state index in [0.29, 0.717) is 32.0 Å². The molecule has 26 heavy (non-hydrogen) atoms. The standard InChI is InChI=1S/C18H26F2N4O2/c1-2-21-18(22-8-4-11-24-10-3-5-17(24)25)23-9-12-26-16-7-6-14(19)13-15(16)20/h6-7,13H,2-5,8-12H2,1H3,(H2,21,22,23). The van der Waals surface area contributed by atoms with Gasteiger partial charge in [0, 0.05) is 38.7 Å². The molecule has 0 atom stereocenters. The number of ether oxygens (including phenoxy) is 1. The van der Waals surface area contributed by atoms with Gasteiger partial charge in [0.15, 0.2) is 17.5 Å². The Kier molecular flexibility index (Phi) is 8.11. The van der Waals surface area contributed by atoms with Crippen LogP contribution >= 0.6 is 0 Å². The first-order chi connectivity index (χ1) is 12.6. The van der Waals surface area contributed by atoms with Gasteiger partial charge in [-0.15, -0.1) is 0 Å². The van der Waals surface area contributed by atoms with E-state index in [9.17, 15) is 13.6 Å². The Balaban J connectivity index is 1.68. The summed E-state index contributed by atoms with van der Waals surface area (Å²) in [5.41, 5.74) is 0. The van der Waals surface area contributed by atoms with E-state index in [1.165, 1.54) is 6.07 Å². The molecule has 0 spiro atoms. The lowest BCUT2D eigenvalue weighted by molar-refractivity contribution is -0.127. The van der Waals surface area contributed by atoms with Crippen molar-refractivity contribution < 1.29 is 18.3 Å². The number of aliphatic imine (C=N–C) groups is 1. The van der Waals surface area contributed by atoms with Crippen molar-refractivity contribution in [2.24, 2.45) is 4.99 Å². The van der Waals surface area contributed by atoms with Crippen LogP contribution in [0.15, 0.2) is 23.2 Å². The number of nitrogens with one attached hydrogen (secondary N) is 2. The molecule has 1 heterocycles. The predicted octanol–water partition coefficient (Wildman–Crippen LogP) is 1.91. The molecular weight excluding hydrogens is 342 g/mol. The molecule has 0 saturated carbocycles. The van der Waals surface area contributed by atoms with Crippen molar-refractivity contribution in [2.75, 3.05) is 39.3 Å². The summed E-state index contributed by atoms with van der Waals surface area (Å²) in [5.74, 6) is -0.467. The highest BCUT2D eigenvalue weighted by molar-refractivity contribution is 5.79. The van der Waals surface area contributed by atoms with E-state index >= 15 is 0 Å². The second-order valence-electron chi connectivity index (χ2n) is 5.95. The zero-order valence-electron chi connectivity index (χ0n) is 15.1. The number of rotatable bonds is 9. The number of hydrogen-bond acceptors (Lipinski definition) is 3. The Labute approximate surface area is 152 Å². The normalized spacial score (nSPS) is 14.7. The van der Waals surface area contributed by atoms with Crippen molar-refractivity contribution in [3.8, 4) is 5.75 Å². The third-order valence-electron chi connectivity index (χ3n) is 3.92. The molecule has 1 amide bonds. The van der Waals surface area contributed by atoms with E-state index in [-0.39, 0.29) is 18.3 Å². The predicted molar refractivity (Wildman–Crippen MR) is 96.3 cm³/mol. The number of guanidine groups is 1. The molecule has 6 nitrogen and oxygen atoms in total. The number of halogens is 2. The van der Waals surface area contributed by atoms with Crippen LogP contribution in [0.1, 0.15) is 26.2 Å². The summed E-state index contributed by atoms with van der Waals surface area (Å²) in [7, 11) is 0. The maximum Gasteiger partial charge on any atom is 0.222 e. The summed E-state index contributed by atoms with van der Waals surface area (Å²) in [6.45, 7) is 5.50. The number of likely N-dealkylation sites (tertiary alicyclic amines) is 1. The van der Waals surface area contributed by atoms with Gasteiger partial charge in [0.25, 0.3) is 0 Å². The van der Waals surface area contributed by atoms with Crippen LogP contribution in [0.3, 0.4) is 0 Å². The number of amides is 1. The van der Waals surface area contributed by atoms with Gasteiger partial charge in [-0.1, -0.05) is 0 Å². The molecule has 1 aliphatic heterocycles. The summed E-state index contributed by atoms with van der Waals surface area (Å²) in [6.07, 6.45) is 2.41. The molecule has 0 bridgehead atoms. The number of nitrogens with zero attached hydrogens (tertiary/aromatic N) is 2. The van der Waals surface area contributed by atoms with E-state index in [4.69, 9.17) is 4.74 Å². The SMILES string of the molecule is CCNC(=NCCCN1CCCC1=O)NCCOc1ccc(F)cc1F. The van der Waals surface area contributed by atoms with Gasteiger partial charge in [0.2, 0.25) is 5.91 Å². The molecule has 8 heteroatoms. The van der Waals surface area contributed by atoms with Gasteiger partial charge in [0.05, 0.1) is 6.54 Å². The average molecular weight is 368 g/mol. The Morgan fingerprint density at radius 1 is 1.35 bits per heavy atom. The van der Waals surface area contributed by atoms with Crippen molar-refractivity contribution in [2.45, 2.75) is 26.2 Å². The van der Waals surface area contributed by atoms with Gasteiger partial charge < -0.3 is 20.3 Å². The number of carbonyl (C=O) groups excluding carboxylic acids is 1. The van der Waals surface area contributed by atoms with Gasteiger partial charge in [-0.2, -0.15) is 0 Å². The molecule has 0 aromatic heterocycles. The second-order valence-corrected chi connectivity index (χ2v) is 5.95. The molecule has 0 aliphatic carbocycles. The highest BCUT2D eigenvalue weighted by Gasteiger charge is 2.18. The van der Waals surface area contributed by atoms with Crippen LogP contribution in [0.2, 0.25) is 0 Å². The maximum absolute atomic E-state index is 13.5. The first kappa shape index (κ1) is 19.9. The van der Waals surface area contributed by atoms with Crippen molar-refractivity contribution in [3.05, 3.63) is 29.8 Å². The quantitative estimate of drug-likeness (QED) is 0.397. The molecule has 1 aromatic rings. The summed E-state index contributed by atoms with van der Waals surface area (Å²) in [4.78, 5) is 17.9. The molecule has 1 aromatic carbocycles. The van der Waals surface area contributed by atoms with Crippen LogP contribution < -0.4 is 15.4 Å². The monoisotopic (exact) mass is 368 g/mol. The third kappa shape index (κ3) is 6.50. The van der Waals surface area contributed by atoms with Gasteiger partial charge in [-0.25, -0.2) is 8.78 Å². The first-order valence-electron chi connectivity index (χ1n) is 8.98. The van der Waals surface area contributed by atoms with Gasteiger partial charge in [0.1, 0.15) is 12.4 Å². The van der Waals surface area contributed by atoms with Crippen LogP contribution in [-0.2, 0) is 4.79 Å². The summed E-state index contributed by atoms with van der Waals surface area (Å²) in [6, 6.07) is 3.21. The lowest BCUT2D eigenvalue weighted by Crippen LogP contribution is -2.39. The van der Waals surface area contributed by atoms with E-state index in [1.54, 1.807) is 0 Å². The molecule has 1 saturated heterocycles. The van der Waals surface area contributed by atoms with E-state index < -0.39 is 11.6 Å². The molecule has 2 rings (SSSR count). The Hall–Kier alpha value is -2.38. The minimum Gasteiger partial charge on any atom is -0.489 e. The van der Waals surface area contributed by atoms with Crippen LogP contribution in [0.5, 0.6) is 5.75 Å². The van der Waals surface area contributed by atoms with Crippen LogP contribution in [0.4, 0.5) is 8.78 Å². The second kappa shape index (κ2) is 10.6. The topological polar surface area (TPSA) is 66.0 Å². The van der Waals surface area contributed by atoms with E-state index in [0.717, 1.165) is 38.1 Å². The lowest BCUT2D eigenvalue weighted by Gasteiger charge is -2.15. The van der Waals surface area contributed by atoms with E-state index in [2.05, 4.69) is 15.6 Å². The van der Waals surface area contributed by atoms with Crippen molar-refractivity contribution in [3.63, 3.8) is 0 Å². The third-order valence-corrected chi connectivity index (χ3v) is 3.92. The minimum atomic E-state index is -0.720.